The Morgan fingerprint density at radius 1 is 1.22 bits per heavy atom. The molecule has 1 heterocycles. The second kappa shape index (κ2) is 5.18. The van der Waals surface area contributed by atoms with Gasteiger partial charge in [0.1, 0.15) is 0 Å². The van der Waals surface area contributed by atoms with E-state index in [0.717, 1.165) is 31.6 Å². The summed E-state index contributed by atoms with van der Waals surface area (Å²) in [7, 11) is 2.21. The minimum absolute atomic E-state index is 0.0823. The van der Waals surface area contributed by atoms with Gasteiger partial charge in [0.05, 0.1) is 6.10 Å². The van der Waals surface area contributed by atoms with E-state index in [-0.39, 0.29) is 6.10 Å². The molecule has 0 amide bonds. The van der Waals surface area contributed by atoms with Crippen molar-refractivity contribution in [3.05, 3.63) is 23.3 Å². The summed E-state index contributed by atoms with van der Waals surface area (Å²) in [4.78, 5) is 2.42. The van der Waals surface area contributed by atoms with Crippen molar-refractivity contribution in [2.24, 2.45) is 11.8 Å². The Morgan fingerprint density at radius 2 is 1.94 bits per heavy atom. The van der Waals surface area contributed by atoms with Gasteiger partial charge in [0.15, 0.2) is 0 Å². The lowest BCUT2D eigenvalue weighted by Gasteiger charge is -2.34. The summed E-state index contributed by atoms with van der Waals surface area (Å²) < 4.78 is 0. The fourth-order valence-electron chi connectivity index (χ4n) is 3.95. The lowest BCUT2D eigenvalue weighted by molar-refractivity contribution is 0.0837. The molecule has 0 spiro atoms. The first-order valence-electron chi connectivity index (χ1n) is 7.43. The highest BCUT2D eigenvalue weighted by Gasteiger charge is 2.32. The Labute approximate surface area is 110 Å². The Kier molecular flexibility index (Phi) is 3.58. The molecule has 1 unspecified atom stereocenters. The Morgan fingerprint density at radius 3 is 2.61 bits per heavy atom. The Hall–Kier alpha value is -0.600. The van der Waals surface area contributed by atoms with Gasteiger partial charge in [-0.05, 0) is 64.0 Å². The van der Waals surface area contributed by atoms with Crippen molar-refractivity contribution >= 4 is 0 Å². The van der Waals surface area contributed by atoms with E-state index in [4.69, 9.17) is 0 Å². The van der Waals surface area contributed by atoms with Crippen LogP contribution in [0.4, 0.5) is 0 Å². The summed E-state index contributed by atoms with van der Waals surface area (Å²) in [5.41, 5.74) is 3.17. The van der Waals surface area contributed by atoms with Gasteiger partial charge in [0.2, 0.25) is 0 Å². The number of hydrogen-bond acceptors (Lipinski definition) is 2. The van der Waals surface area contributed by atoms with Crippen molar-refractivity contribution in [2.75, 3.05) is 20.1 Å². The zero-order valence-electron chi connectivity index (χ0n) is 11.4. The molecular formula is C16H25NO. The van der Waals surface area contributed by atoms with E-state index in [1.54, 1.807) is 5.57 Å². The molecule has 2 nitrogen and oxygen atoms in total. The summed E-state index contributed by atoms with van der Waals surface area (Å²) in [6, 6.07) is 0. The molecular weight excluding hydrogens is 222 g/mol. The van der Waals surface area contributed by atoms with Crippen LogP contribution in [0.25, 0.3) is 0 Å². The number of likely N-dealkylation sites (tertiary alicyclic amines) is 1. The van der Waals surface area contributed by atoms with E-state index in [1.807, 2.05) is 0 Å². The van der Waals surface area contributed by atoms with E-state index >= 15 is 0 Å². The van der Waals surface area contributed by atoms with Crippen LogP contribution in [0.1, 0.15) is 38.5 Å². The standard InChI is InChI=1S/C16H25NO/c1-17-7-6-12(11-17)8-15-9-13-4-2-3-5-14(13)10-16(15)18/h2-3,12,15-16,18H,4-11H2,1H3/t12?,15-,16-/m0/s1. The van der Waals surface area contributed by atoms with Gasteiger partial charge in [-0.25, -0.2) is 0 Å². The van der Waals surface area contributed by atoms with Gasteiger partial charge < -0.3 is 10.0 Å². The van der Waals surface area contributed by atoms with Crippen molar-refractivity contribution in [3.63, 3.8) is 0 Å². The van der Waals surface area contributed by atoms with Crippen LogP contribution in [-0.4, -0.2) is 36.2 Å². The molecule has 3 rings (SSSR count). The monoisotopic (exact) mass is 247 g/mol. The van der Waals surface area contributed by atoms with Crippen molar-refractivity contribution in [3.8, 4) is 0 Å². The zero-order valence-corrected chi connectivity index (χ0v) is 11.4. The lowest BCUT2D eigenvalue weighted by atomic mass is 9.74. The first kappa shape index (κ1) is 12.4. The zero-order chi connectivity index (χ0) is 12.5. The number of nitrogens with zero attached hydrogens (tertiary/aromatic N) is 1. The normalized spacial score (nSPS) is 37.1. The van der Waals surface area contributed by atoms with Gasteiger partial charge in [0.25, 0.3) is 0 Å². The van der Waals surface area contributed by atoms with Gasteiger partial charge in [-0.1, -0.05) is 23.3 Å². The van der Waals surface area contributed by atoms with Crippen LogP contribution in [0.3, 0.4) is 0 Å². The van der Waals surface area contributed by atoms with Crippen molar-refractivity contribution in [1.29, 1.82) is 0 Å². The number of aliphatic hydroxyl groups is 1. The van der Waals surface area contributed by atoms with Crippen LogP contribution in [0.2, 0.25) is 0 Å². The molecule has 100 valence electrons. The first-order chi connectivity index (χ1) is 8.72. The molecule has 0 saturated carbocycles. The molecule has 1 fully saturated rings. The minimum Gasteiger partial charge on any atom is -0.392 e. The van der Waals surface area contributed by atoms with Gasteiger partial charge in [-0.3, -0.25) is 0 Å². The lowest BCUT2D eigenvalue weighted by Crippen LogP contribution is -2.29. The predicted octanol–water partition coefficient (Wildman–Crippen LogP) is 2.75. The van der Waals surface area contributed by atoms with Crippen LogP contribution < -0.4 is 0 Å². The summed E-state index contributed by atoms with van der Waals surface area (Å²) in [5.74, 6) is 1.34. The molecule has 18 heavy (non-hydrogen) atoms. The van der Waals surface area contributed by atoms with E-state index < -0.39 is 0 Å². The number of allylic oxidation sites excluding steroid dienone is 3. The maximum Gasteiger partial charge on any atom is 0.0608 e. The van der Waals surface area contributed by atoms with Crippen LogP contribution in [0.5, 0.6) is 0 Å². The molecule has 0 radical (unpaired) electrons. The molecule has 3 aliphatic rings. The summed E-state index contributed by atoms with van der Waals surface area (Å²) in [5, 5.41) is 10.4. The smallest absolute Gasteiger partial charge is 0.0608 e. The fourth-order valence-corrected chi connectivity index (χ4v) is 3.95. The van der Waals surface area contributed by atoms with Crippen molar-refractivity contribution in [1.82, 2.24) is 4.90 Å². The molecule has 1 aliphatic heterocycles. The van der Waals surface area contributed by atoms with Gasteiger partial charge in [-0.2, -0.15) is 0 Å². The maximum absolute atomic E-state index is 10.4. The summed E-state index contributed by atoms with van der Waals surface area (Å²) >= 11 is 0. The molecule has 1 N–H and O–H groups in total. The highest BCUT2D eigenvalue weighted by Crippen LogP contribution is 2.39. The molecule has 2 aliphatic carbocycles. The molecule has 0 bridgehead atoms. The Bertz CT molecular complexity index is 371. The molecule has 3 atom stereocenters. The second-order valence-corrected chi connectivity index (χ2v) is 6.48. The fraction of sp³-hybridized carbons (Fsp3) is 0.750. The largest absolute Gasteiger partial charge is 0.392 e. The molecule has 2 heteroatoms. The average molecular weight is 247 g/mol. The number of hydrogen-bond donors (Lipinski definition) is 1. The topological polar surface area (TPSA) is 23.5 Å². The Balaban J connectivity index is 1.62. The van der Waals surface area contributed by atoms with E-state index in [0.29, 0.717) is 5.92 Å². The van der Waals surface area contributed by atoms with Crippen LogP contribution in [0, 0.1) is 11.8 Å². The summed E-state index contributed by atoms with van der Waals surface area (Å²) in [6.07, 6.45) is 11.4. The van der Waals surface area contributed by atoms with E-state index in [9.17, 15) is 5.11 Å². The van der Waals surface area contributed by atoms with Crippen LogP contribution in [-0.2, 0) is 0 Å². The van der Waals surface area contributed by atoms with Crippen LogP contribution in [0.15, 0.2) is 23.3 Å². The maximum atomic E-state index is 10.4. The highest BCUT2D eigenvalue weighted by molar-refractivity contribution is 5.27. The summed E-state index contributed by atoms with van der Waals surface area (Å²) in [6.45, 7) is 2.47. The molecule has 0 aromatic rings. The van der Waals surface area contributed by atoms with Crippen molar-refractivity contribution in [2.45, 2.75) is 44.6 Å². The molecule has 0 aromatic heterocycles. The minimum atomic E-state index is -0.0823. The third-order valence-corrected chi connectivity index (χ3v) is 5.03. The van der Waals surface area contributed by atoms with Gasteiger partial charge in [0, 0.05) is 6.54 Å². The van der Waals surface area contributed by atoms with E-state index in [2.05, 4.69) is 24.1 Å². The highest BCUT2D eigenvalue weighted by atomic mass is 16.3. The van der Waals surface area contributed by atoms with Gasteiger partial charge >= 0.3 is 0 Å². The van der Waals surface area contributed by atoms with E-state index in [1.165, 1.54) is 31.5 Å². The van der Waals surface area contributed by atoms with Crippen molar-refractivity contribution < 1.29 is 5.11 Å². The third-order valence-electron chi connectivity index (χ3n) is 5.03. The quantitative estimate of drug-likeness (QED) is 0.758. The predicted molar refractivity (Wildman–Crippen MR) is 74.4 cm³/mol. The average Bonchev–Trinajstić information content (AvgIpc) is 2.76. The first-order valence-corrected chi connectivity index (χ1v) is 7.43. The van der Waals surface area contributed by atoms with Crippen LogP contribution >= 0.6 is 0 Å². The molecule has 0 aromatic carbocycles. The SMILES string of the molecule is CN1CCC(C[C@H]2CC3=C(CC=CC3)C[C@@H]2O)C1. The molecule has 1 saturated heterocycles. The third kappa shape index (κ3) is 2.55. The van der Waals surface area contributed by atoms with Gasteiger partial charge in [-0.15, -0.1) is 0 Å². The second-order valence-electron chi connectivity index (χ2n) is 6.48. The number of rotatable bonds is 2. The number of aliphatic hydroxyl groups excluding tert-OH is 1.